The standard InChI is InChI=1S/C33H34N4O9/c38-24(18-45-33-30(42)28(40)29(41)31(46-33)32(43)44)36-21-13-5-4-12-20(21)26(37-23-15-7-9-17-35-23)25(22-14-6-8-16-34-22)27(39)19-10-2-1-3-11-19/h1-17,25-31,33,39-42H,18H2,(H,35,37)(H,36,38)(H,43,44)/t25-,26+,27+,28-,29-,30+,31-,33?/m0/s1. The van der Waals surface area contributed by atoms with Crippen molar-refractivity contribution >= 4 is 23.4 Å². The molecule has 13 nitrogen and oxygen atoms in total. The summed E-state index contributed by atoms with van der Waals surface area (Å²) >= 11 is 0. The fourth-order valence-corrected chi connectivity index (χ4v) is 5.33. The fourth-order valence-electron chi connectivity index (χ4n) is 5.33. The Morgan fingerprint density at radius 3 is 2.17 bits per heavy atom. The highest BCUT2D eigenvalue weighted by atomic mass is 16.7. The number of amides is 1. The molecule has 1 fully saturated rings. The van der Waals surface area contributed by atoms with Crippen LogP contribution in [-0.2, 0) is 19.1 Å². The topological polar surface area (TPSA) is 204 Å². The van der Waals surface area contributed by atoms with Gasteiger partial charge in [0.25, 0.3) is 5.91 Å². The number of nitrogens with zero attached hydrogens (tertiary/aromatic N) is 2. The first-order valence-electron chi connectivity index (χ1n) is 14.5. The number of rotatable bonds is 12. The highest BCUT2D eigenvalue weighted by molar-refractivity contribution is 5.92. The largest absolute Gasteiger partial charge is 0.479 e. The third-order valence-electron chi connectivity index (χ3n) is 7.60. The fraction of sp³-hybridized carbons (Fsp3) is 0.273. The molecule has 1 aliphatic heterocycles. The molecule has 5 rings (SSSR count). The van der Waals surface area contributed by atoms with E-state index in [1.807, 2.05) is 48.5 Å². The molecule has 1 aliphatic rings. The number of carboxylic acid groups (broad SMARTS) is 1. The normalized spacial score (nSPS) is 23.1. The number of hydrogen-bond donors (Lipinski definition) is 7. The van der Waals surface area contributed by atoms with E-state index in [-0.39, 0.29) is 0 Å². The lowest BCUT2D eigenvalue weighted by molar-refractivity contribution is -0.292. The molecule has 8 atom stereocenters. The SMILES string of the molecule is O=C(COC1O[C@H](C(=O)O)[C@@H](O)[C@H](O)[C@H]1O)Nc1ccccc1[C@@H](Nc1ccccn1)[C@H](c1ccccn1)[C@H](O)c1ccccc1. The van der Waals surface area contributed by atoms with Crippen LogP contribution in [0.15, 0.2) is 103 Å². The molecule has 1 saturated heterocycles. The van der Waals surface area contributed by atoms with E-state index in [2.05, 4.69) is 20.6 Å². The summed E-state index contributed by atoms with van der Waals surface area (Å²) in [6.07, 6.45) is -6.93. The van der Waals surface area contributed by atoms with Gasteiger partial charge in [0.1, 0.15) is 30.7 Å². The number of aliphatic hydroxyl groups excluding tert-OH is 4. The van der Waals surface area contributed by atoms with E-state index < -0.39 is 67.3 Å². The zero-order valence-corrected chi connectivity index (χ0v) is 24.4. The summed E-state index contributed by atoms with van der Waals surface area (Å²) in [4.78, 5) is 33.6. The number of ether oxygens (including phenoxy) is 2. The van der Waals surface area contributed by atoms with E-state index in [4.69, 9.17) is 9.47 Å². The zero-order valence-electron chi connectivity index (χ0n) is 24.4. The summed E-state index contributed by atoms with van der Waals surface area (Å²) in [7, 11) is 0. The van der Waals surface area contributed by atoms with E-state index in [0.29, 0.717) is 28.3 Å². The van der Waals surface area contributed by atoms with Crippen LogP contribution in [-0.4, -0.2) is 84.7 Å². The van der Waals surface area contributed by atoms with Gasteiger partial charge in [0, 0.05) is 23.8 Å². The molecule has 240 valence electrons. The molecule has 0 radical (unpaired) electrons. The van der Waals surface area contributed by atoms with Gasteiger partial charge in [0.05, 0.1) is 18.1 Å². The molecule has 2 aromatic carbocycles. The third-order valence-corrected chi connectivity index (χ3v) is 7.60. The van der Waals surface area contributed by atoms with Crippen molar-refractivity contribution in [2.45, 2.75) is 48.8 Å². The summed E-state index contributed by atoms with van der Waals surface area (Å²) in [5.74, 6) is -2.44. The monoisotopic (exact) mass is 630 g/mol. The van der Waals surface area contributed by atoms with E-state index >= 15 is 0 Å². The average Bonchev–Trinajstić information content (AvgIpc) is 3.08. The van der Waals surface area contributed by atoms with Crippen molar-refractivity contribution in [3.05, 3.63) is 120 Å². The summed E-state index contributed by atoms with van der Waals surface area (Å²) < 4.78 is 10.5. The lowest BCUT2D eigenvalue weighted by atomic mass is 9.82. The van der Waals surface area contributed by atoms with Crippen LogP contribution in [0.1, 0.15) is 34.9 Å². The van der Waals surface area contributed by atoms with Crippen molar-refractivity contribution in [3.63, 3.8) is 0 Å². The maximum absolute atomic E-state index is 13.2. The first-order valence-corrected chi connectivity index (χ1v) is 14.5. The lowest BCUT2D eigenvalue weighted by Gasteiger charge is -2.38. The number of aliphatic hydroxyl groups is 4. The van der Waals surface area contributed by atoms with Crippen molar-refractivity contribution in [3.8, 4) is 0 Å². The Hall–Kier alpha value is -4.76. The van der Waals surface area contributed by atoms with Crippen molar-refractivity contribution in [2.75, 3.05) is 17.2 Å². The van der Waals surface area contributed by atoms with Gasteiger partial charge in [-0.05, 0) is 41.5 Å². The number of aromatic nitrogens is 2. The van der Waals surface area contributed by atoms with Crippen LogP contribution in [0.2, 0.25) is 0 Å². The molecule has 4 aromatic rings. The van der Waals surface area contributed by atoms with E-state index in [9.17, 15) is 35.1 Å². The Morgan fingerprint density at radius 2 is 1.50 bits per heavy atom. The number of anilines is 2. The summed E-state index contributed by atoms with van der Waals surface area (Å²) in [5, 5.41) is 57.6. The molecule has 0 bridgehead atoms. The number of aliphatic carboxylic acids is 1. The van der Waals surface area contributed by atoms with Gasteiger partial charge in [-0.15, -0.1) is 0 Å². The second-order valence-electron chi connectivity index (χ2n) is 10.7. The number of carboxylic acids is 1. The number of para-hydroxylation sites is 1. The number of carbonyl (C=O) groups excluding carboxylic acids is 1. The highest BCUT2D eigenvalue weighted by Crippen LogP contribution is 2.43. The maximum Gasteiger partial charge on any atom is 0.335 e. The predicted octanol–water partition coefficient (Wildman–Crippen LogP) is 1.99. The van der Waals surface area contributed by atoms with Crippen LogP contribution >= 0.6 is 0 Å². The predicted molar refractivity (Wildman–Crippen MR) is 164 cm³/mol. The third kappa shape index (κ3) is 7.54. The molecular formula is C33H34N4O9. The Labute approximate surface area is 264 Å². The van der Waals surface area contributed by atoms with Crippen molar-refractivity contribution < 1.29 is 44.6 Å². The molecule has 13 heteroatoms. The summed E-state index contributed by atoms with van der Waals surface area (Å²) in [6, 6.07) is 26.1. The molecular weight excluding hydrogens is 596 g/mol. The summed E-state index contributed by atoms with van der Waals surface area (Å²) in [5.41, 5.74) is 2.16. The van der Waals surface area contributed by atoms with Crippen LogP contribution in [0.5, 0.6) is 0 Å². The van der Waals surface area contributed by atoms with Gasteiger partial charge in [0.15, 0.2) is 12.4 Å². The maximum atomic E-state index is 13.2. The van der Waals surface area contributed by atoms with Crippen molar-refractivity contribution in [2.24, 2.45) is 0 Å². The Morgan fingerprint density at radius 1 is 0.826 bits per heavy atom. The zero-order chi connectivity index (χ0) is 32.6. The second kappa shape index (κ2) is 15.0. The Bertz CT molecular complexity index is 1580. The second-order valence-corrected chi connectivity index (χ2v) is 10.7. The quantitative estimate of drug-likeness (QED) is 0.120. The van der Waals surface area contributed by atoms with Crippen molar-refractivity contribution in [1.82, 2.24) is 9.97 Å². The molecule has 0 saturated carbocycles. The molecule has 3 heterocycles. The summed E-state index contributed by atoms with van der Waals surface area (Å²) in [6.45, 7) is -0.695. The average molecular weight is 631 g/mol. The Balaban J connectivity index is 1.45. The van der Waals surface area contributed by atoms with Gasteiger partial charge < -0.3 is 45.6 Å². The van der Waals surface area contributed by atoms with Gasteiger partial charge in [-0.25, -0.2) is 9.78 Å². The first-order chi connectivity index (χ1) is 22.2. The number of hydrogen-bond acceptors (Lipinski definition) is 11. The van der Waals surface area contributed by atoms with Gasteiger partial charge >= 0.3 is 5.97 Å². The van der Waals surface area contributed by atoms with Gasteiger partial charge in [-0.2, -0.15) is 0 Å². The number of benzene rings is 2. The minimum absolute atomic E-state index is 0.356. The lowest BCUT2D eigenvalue weighted by Crippen LogP contribution is -2.60. The van der Waals surface area contributed by atoms with Gasteiger partial charge in [0.2, 0.25) is 0 Å². The number of carbonyl (C=O) groups is 2. The molecule has 1 amide bonds. The minimum Gasteiger partial charge on any atom is -0.479 e. The molecule has 2 aromatic heterocycles. The van der Waals surface area contributed by atoms with E-state index in [0.717, 1.165) is 0 Å². The molecule has 46 heavy (non-hydrogen) atoms. The van der Waals surface area contributed by atoms with Crippen LogP contribution in [0.4, 0.5) is 11.5 Å². The van der Waals surface area contributed by atoms with Gasteiger partial charge in [-0.1, -0.05) is 60.7 Å². The number of pyridine rings is 2. The van der Waals surface area contributed by atoms with Gasteiger partial charge in [-0.3, -0.25) is 9.78 Å². The molecule has 1 unspecified atom stereocenters. The number of nitrogens with one attached hydrogen (secondary N) is 2. The van der Waals surface area contributed by atoms with Crippen molar-refractivity contribution in [1.29, 1.82) is 0 Å². The van der Waals surface area contributed by atoms with Crippen LogP contribution in [0.3, 0.4) is 0 Å². The van der Waals surface area contributed by atoms with Crippen LogP contribution in [0.25, 0.3) is 0 Å². The smallest absolute Gasteiger partial charge is 0.335 e. The molecule has 7 N–H and O–H groups in total. The molecule has 0 spiro atoms. The minimum atomic E-state index is -1.89. The molecule has 0 aliphatic carbocycles. The van der Waals surface area contributed by atoms with E-state index in [1.54, 1.807) is 54.9 Å². The highest BCUT2D eigenvalue weighted by Gasteiger charge is 2.47. The van der Waals surface area contributed by atoms with Crippen LogP contribution < -0.4 is 10.6 Å². The first kappa shape index (κ1) is 32.6. The van der Waals surface area contributed by atoms with E-state index in [1.165, 1.54) is 0 Å². The Kier molecular flexibility index (Phi) is 10.6. The van der Waals surface area contributed by atoms with Crippen LogP contribution in [0, 0.1) is 0 Å².